The van der Waals surface area contributed by atoms with Gasteiger partial charge in [-0.25, -0.2) is 4.39 Å². The third-order valence-electron chi connectivity index (χ3n) is 2.66. The molecule has 2 N–H and O–H groups in total. The summed E-state index contributed by atoms with van der Waals surface area (Å²) in [5.41, 5.74) is 0.312. The van der Waals surface area contributed by atoms with Gasteiger partial charge in [-0.1, -0.05) is 12.1 Å². The summed E-state index contributed by atoms with van der Waals surface area (Å²) >= 11 is 0. The Morgan fingerprint density at radius 1 is 1.20 bits per heavy atom. The average Bonchev–Trinajstić information content (AvgIpc) is 2.44. The smallest absolute Gasteiger partial charge is 0.265 e. The van der Waals surface area contributed by atoms with Gasteiger partial charge in [0.2, 0.25) is 0 Å². The van der Waals surface area contributed by atoms with Gasteiger partial charge in [-0.15, -0.1) is 0 Å². The molecule has 20 heavy (non-hydrogen) atoms. The Morgan fingerprint density at radius 3 is 2.50 bits per heavy atom. The lowest BCUT2D eigenvalue weighted by atomic mass is 10.2. The van der Waals surface area contributed by atoms with E-state index in [0.717, 1.165) is 0 Å². The predicted molar refractivity (Wildman–Crippen MR) is 73.2 cm³/mol. The molecule has 0 fully saturated rings. The fourth-order valence-corrected chi connectivity index (χ4v) is 1.58. The van der Waals surface area contributed by atoms with Crippen LogP contribution in [0.1, 0.15) is 6.92 Å². The molecule has 0 saturated heterocycles. The number of hydrogen-bond acceptors (Lipinski definition) is 3. The number of anilines is 1. The summed E-state index contributed by atoms with van der Waals surface area (Å²) in [7, 11) is 0. The summed E-state index contributed by atoms with van der Waals surface area (Å²) in [5.74, 6) is -0.402. The number of aromatic hydroxyl groups is 1. The maximum absolute atomic E-state index is 12.8. The van der Waals surface area contributed by atoms with Crippen LogP contribution in [-0.4, -0.2) is 17.1 Å². The first-order chi connectivity index (χ1) is 9.56. The molecule has 1 amide bonds. The highest BCUT2D eigenvalue weighted by Crippen LogP contribution is 2.22. The first-order valence-electron chi connectivity index (χ1n) is 6.07. The van der Waals surface area contributed by atoms with Gasteiger partial charge in [0, 0.05) is 0 Å². The fourth-order valence-electron chi connectivity index (χ4n) is 1.58. The molecule has 2 aromatic carbocycles. The Labute approximate surface area is 115 Å². The average molecular weight is 275 g/mol. The number of nitrogens with one attached hydrogen (secondary N) is 1. The fraction of sp³-hybridized carbons (Fsp3) is 0.133. The van der Waals surface area contributed by atoms with E-state index in [4.69, 9.17) is 4.74 Å². The molecule has 0 heterocycles. The van der Waals surface area contributed by atoms with Gasteiger partial charge in [0.25, 0.3) is 5.91 Å². The highest BCUT2D eigenvalue weighted by Gasteiger charge is 2.16. The van der Waals surface area contributed by atoms with Crippen LogP contribution in [0.25, 0.3) is 0 Å². The van der Waals surface area contributed by atoms with Gasteiger partial charge in [0.15, 0.2) is 6.10 Å². The third-order valence-corrected chi connectivity index (χ3v) is 2.66. The number of amides is 1. The topological polar surface area (TPSA) is 58.6 Å². The lowest BCUT2D eigenvalue weighted by Crippen LogP contribution is -2.30. The zero-order chi connectivity index (χ0) is 14.5. The molecule has 2 aromatic rings. The van der Waals surface area contributed by atoms with E-state index in [2.05, 4.69) is 5.32 Å². The van der Waals surface area contributed by atoms with E-state index < -0.39 is 12.0 Å². The number of carbonyl (C=O) groups is 1. The number of rotatable bonds is 4. The third kappa shape index (κ3) is 3.47. The van der Waals surface area contributed by atoms with Crippen molar-refractivity contribution in [3.8, 4) is 11.5 Å². The molecule has 0 aromatic heterocycles. The minimum absolute atomic E-state index is 0.0187. The summed E-state index contributed by atoms with van der Waals surface area (Å²) in [5, 5.41) is 12.1. The van der Waals surface area contributed by atoms with Crippen LogP contribution in [-0.2, 0) is 4.79 Å². The molecule has 0 unspecified atom stereocenters. The second-order valence-electron chi connectivity index (χ2n) is 4.22. The van der Waals surface area contributed by atoms with E-state index >= 15 is 0 Å². The standard InChI is InChI=1S/C15H14FNO3/c1-10(20-12-8-6-11(16)7-9-12)15(19)17-13-4-2-3-5-14(13)18/h2-10,18H,1H3,(H,17,19)/t10-/m0/s1. The molecular weight excluding hydrogens is 261 g/mol. The number of para-hydroxylation sites is 2. The van der Waals surface area contributed by atoms with Gasteiger partial charge in [0.1, 0.15) is 17.3 Å². The van der Waals surface area contributed by atoms with Crippen molar-refractivity contribution in [2.45, 2.75) is 13.0 Å². The minimum atomic E-state index is -0.778. The van der Waals surface area contributed by atoms with Crippen LogP contribution < -0.4 is 10.1 Å². The quantitative estimate of drug-likeness (QED) is 0.843. The highest BCUT2D eigenvalue weighted by molar-refractivity contribution is 5.95. The predicted octanol–water partition coefficient (Wildman–Crippen LogP) is 2.94. The summed E-state index contributed by atoms with van der Waals surface area (Å²) in [6, 6.07) is 11.8. The number of ether oxygens (including phenoxy) is 1. The number of halogens is 1. The molecule has 0 radical (unpaired) electrons. The Hall–Kier alpha value is -2.56. The molecule has 2 rings (SSSR count). The van der Waals surface area contributed by atoms with Crippen LogP contribution in [0, 0.1) is 5.82 Å². The normalized spacial score (nSPS) is 11.7. The lowest BCUT2D eigenvalue weighted by molar-refractivity contribution is -0.122. The van der Waals surface area contributed by atoms with E-state index in [1.165, 1.54) is 30.3 Å². The summed E-state index contributed by atoms with van der Waals surface area (Å²) in [6.45, 7) is 1.57. The molecule has 0 aliphatic carbocycles. The molecule has 0 aliphatic rings. The van der Waals surface area contributed by atoms with Crippen LogP contribution in [0.2, 0.25) is 0 Å². The van der Waals surface area contributed by atoms with Crippen molar-refractivity contribution >= 4 is 11.6 Å². The number of phenols is 1. The van der Waals surface area contributed by atoms with Gasteiger partial charge >= 0.3 is 0 Å². The van der Waals surface area contributed by atoms with Crippen LogP contribution in [0.4, 0.5) is 10.1 Å². The van der Waals surface area contributed by atoms with Crippen molar-refractivity contribution in [2.75, 3.05) is 5.32 Å². The van der Waals surface area contributed by atoms with Crippen molar-refractivity contribution in [3.05, 3.63) is 54.3 Å². The number of benzene rings is 2. The van der Waals surface area contributed by atoms with E-state index in [0.29, 0.717) is 11.4 Å². The Balaban J connectivity index is 1.99. The molecule has 4 nitrogen and oxygen atoms in total. The number of phenolic OH excluding ortho intramolecular Hbond substituents is 1. The van der Waals surface area contributed by atoms with Crippen LogP contribution >= 0.6 is 0 Å². The van der Waals surface area contributed by atoms with Gasteiger partial charge in [-0.2, -0.15) is 0 Å². The highest BCUT2D eigenvalue weighted by atomic mass is 19.1. The van der Waals surface area contributed by atoms with E-state index in [-0.39, 0.29) is 11.6 Å². The molecule has 1 atom stereocenters. The molecule has 0 saturated carbocycles. The van der Waals surface area contributed by atoms with Crippen LogP contribution in [0.5, 0.6) is 11.5 Å². The van der Waals surface area contributed by atoms with Gasteiger partial charge in [0.05, 0.1) is 5.69 Å². The summed E-state index contributed by atoms with van der Waals surface area (Å²) < 4.78 is 18.1. The van der Waals surface area contributed by atoms with Crippen molar-refractivity contribution < 1.29 is 19.0 Å². The van der Waals surface area contributed by atoms with E-state index in [9.17, 15) is 14.3 Å². The maximum atomic E-state index is 12.8. The van der Waals surface area contributed by atoms with E-state index in [1.54, 1.807) is 25.1 Å². The second-order valence-corrected chi connectivity index (χ2v) is 4.22. The molecule has 104 valence electrons. The zero-order valence-corrected chi connectivity index (χ0v) is 10.8. The van der Waals surface area contributed by atoms with Crippen LogP contribution in [0.3, 0.4) is 0 Å². The Kier molecular flexibility index (Phi) is 4.20. The summed E-state index contributed by atoms with van der Waals surface area (Å²) in [6.07, 6.45) is -0.778. The van der Waals surface area contributed by atoms with Gasteiger partial charge in [-0.3, -0.25) is 4.79 Å². The van der Waals surface area contributed by atoms with Crippen molar-refractivity contribution in [2.24, 2.45) is 0 Å². The van der Waals surface area contributed by atoms with Crippen molar-refractivity contribution in [3.63, 3.8) is 0 Å². The van der Waals surface area contributed by atoms with Gasteiger partial charge < -0.3 is 15.2 Å². The Bertz CT molecular complexity index is 598. The Morgan fingerprint density at radius 2 is 1.85 bits per heavy atom. The monoisotopic (exact) mass is 275 g/mol. The first-order valence-corrected chi connectivity index (χ1v) is 6.07. The maximum Gasteiger partial charge on any atom is 0.265 e. The van der Waals surface area contributed by atoms with E-state index in [1.807, 2.05) is 0 Å². The molecule has 0 bridgehead atoms. The minimum Gasteiger partial charge on any atom is -0.506 e. The SMILES string of the molecule is C[C@H](Oc1ccc(F)cc1)C(=O)Nc1ccccc1O. The largest absolute Gasteiger partial charge is 0.506 e. The number of carbonyl (C=O) groups excluding carboxylic acids is 1. The molecular formula is C15H14FNO3. The van der Waals surface area contributed by atoms with Crippen molar-refractivity contribution in [1.82, 2.24) is 0 Å². The lowest BCUT2D eigenvalue weighted by Gasteiger charge is -2.15. The van der Waals surface area contributed by atoms with Crippen LogP contribution in [0.15, 0.2) is 48.5 Å². The van der Waals surface area contributed by atoms with Crippen molar-refractivity contribution in [1.29, 1.82) is 0 Å². The molecule has 0 spiro atoms. The molecule has 0 aliphatic heterocycles. The number of hydrogen-bond donors (Lipinski definition) is 2. The molecule has 5 heteroatoms. The summed E-state index contributed by atoms with van der Waals surface area (Å²) in [4.78, 5) is 11.9. The zero-order valence-electron chi connectivity index (χ0n) is 10.8. The first kappa shape index (κ1) is 13.9. The van der Waals surface area contributed by atoms with Gasteiger partial charge in [-0.05, 0) is 43.3 Å². The second kappa shape index (κ2) is 6.06.